The van der Waals surface area contributed by atoms with Gasteiger partial charge >= 0.3 is 0 Å². The van der Waals surface area contributed by atoms with Gasteiger partial charge in [0, 0.05) is 5.25 Å². The Morgan fingerprint density at radius 1 is 1.32 bits per heavy atom. The quantitative estimate of drug-likeness (QED) is 0.358. The van der Waals surface area contributed by atoms with E-state index >= 15 is 0 Å². The molecule has 1 aromatic rings. The Balaban J connectivity index is 2.82. The summed E-state index contributed by atoms with van der Waals surface area (Å²) in [5.41, 5.74) is 3.84. The number of rotatable bonds is 7. The van der Waals surface area contributed by atoms with Crippen LogP contribution in [0.25, 0.3) is 5.57 Å². The van der Waals surface area contributed by atoms with Crippen LogP contribution in [0, 0.1) is 11.8 Å². The minimum absolute atomic E-state index is 0.194. The molecule has 0 bridgehead atoms. The maximum absolute atomic E-state index is 10.3. The van der Waals surface area contributed by atoms with Crippen LogP contribution in [0.15, 0.2) is 57.6 Å². The first-order chi connectivity index (χ1) is 10.5. The molecule has 0 spiro atoms. The summed E-state index contributed by atoms with van der Waals surface area (Å²) >= 11 is 5.78. The average Bonchev–Trinajstić information content (AvgIpc) is 2.53. The van der Waals surface area contributed by atoms with Gasteiger partial charge in [-0.1, -0.05) is 48.9 Å². The highest BCUT2D eigenvalue weighted by Gasteiger charge is 2.07. The van der Waals surface area contributed by atoms with Gasteiger partial charge in [-0.05, 0) is 54.5 Å². The minimum atomic E-state index is 0.194. The predicted molar refractivity (Wildman–Crippen MR) is 103 cm³/mol. The lowest BCUT2D eigenvalue weighted by Gasteiger charge is -2.13. The molecule has 1 rings (SSSR count). The Labute approximate surface area is 143 Å². The van der Waals surface area contributed by atoms with Crippen LogP contribution in [0.1, 0.15) is 38.3 Å². The molecule has 0 fully saturated rings. The lowest BCUT2D eigenvalue weighted by Crippen LogP contribution is -1.96. The van der Waals surface area contributed by atoms with Gasteiger partial charge in [0.15, 0.2) is 0 Å². The molecule has 0 saturated heterocycles. The largest absolute Gasteiger partial charge is 0.144 e. The second-order valence-corrected chi connectivity index (χ2v) is 7.02. The van der Waals surface area contributed by atoms with Crippen molar-refractivity contribution in [2.24, 2.45) is 5.18 Å². The van der Waals surface area contributed by atoms with E-state index in [1.165, 1.54) is 21.6 Å². The Hall–Kier alpha value is -1.26. The molecule has 22 heavy (non-hydrogen) atoms. The van der Waals surface area contributed by atoms with E-state index in [1.807, 2.05) is 17.8 Å². The smallest absolute Gasteiger partial charge is 0.138 e. The molecule has 0 aromatic heterocycles. The zero-order chi connectivity index (χ0) is 16.5. The molecule has 4 heteroatoms. The minimum Gasteiger partial charge on any atom is -0.144 e. The molecule has 0 radical (unpaired) electrons. The predicted octanol–water partition coefficient (Wildman–Crippen LogP) is 6.35. The maximum Gasteiger partial charge on any atom is 0.138 e. The zero-order valence-electron chi connectivity index (χ0n) is 13.5. The Bertz CT molecular complexity index is 586. The van der Waals surface area contributed by atoms with E-state index in [0.717, 1.165) is 6.42 Å². The van der Waals surface area contributed by atoms with Crippen LogP contribution in [0.4, 0.5) is 0 Å². The highest BCUT2D eigenvalue weighted by Crippen LogP contribution is 2.31. The third-order valence-electron chi connectivity index (χ3n) is 3.41. The van der Waals surface area contributed by atoms with Crippen molar-refractivity contribution < 1.29 is 0 Å². The van der Waals surface area contributed by atoms with Crippen molar-refractivity contribution in [1.82, 2.24) is 0 Å². The van der Waals surface area contributed by atoms with E-state index < -0.39 is 0 Å². The highest BCUT2D eigenvalue weighted by molar-refractivity contribution is 8.03. The molecular weight excluding hydrogens is 310 g/mol. The summed E-state index contributed by atoms with van der Waals surface area (Å²) in [6.45, 7) is 8.56. The van der Waals surface area contributed by atoms with Gasteiger partial charge < -0.3 is 0 Å². The Kier molecular flexibility index (Phi) is 8.28. The summed E-state index contributed by atoms with van der Waals surface area (Å²) in [6, 6.07) is 8.60. The molecule has 0 aliphatic carbocycles. The van der Waals surface area contributed by atoms with Crippen molar-refractivity contribution in [3.05, 3.63) is 68.5 Å². The number of aryl methyl sites for hydroxylation is 1. The molecule has 2 nitrogen and oxygen atoms in total. The van der Waals surface area contributed by atoms with Gasteiger partial charge in [-0.3, -0.25) is 0 Å². The number of thioether (sulfide) groups is 1. The zero-order valence-corrected chi connectivity index (χ0v) is 15.2. The molecule has 0 saturated carbocycles. The lowest BCUT2D eigenvalue weighted by atomic mass is 10.1. The van der Waals surface area contributed by atoms with E-state index in [9.17, 15) is 4.91 Å². The molecule has 0 aliphatic heterocycles. The number of benzene rings is 1. The summed E-state index contributed by atoms with van der Waals surface area (Å²) in [4.78, 5) is 11.6. The topological polar surface area (TPSA) is 29.4 Å². The summed E-state index contributed by atoms with van der Waals surface area (Å²) in [6.07, 6.45) is 6.56. The number of allylic oxidation sites excluding steroid dienone is 4. The third-order valence-corrected chi connectivity index (χ3v) is 5.09. The van der Waals surface area contributed by atoms with Crippen LogP contribution in [-0.4, -0.2) is 5.25 Å². The monoisotopic (exact) mass is 333 g/mol. The molecule has 1 unspecified atom stereocenters. The van der Waals surface area contributed by atoms with Crippen LogP contribution in [0.2, 0.25) is 0 Å². The fourth-order valence-electron chi connectivity index (χ4n) is 1.88. The molecular formula is C18H23NOS2. The van der Waals surface area contributed by atoms with Gasteiger partial charge in [0.25, 0.3) is 0 Å². The number of nitroso groups, excluding NO2 is 1. The van der Waals surface area contributed by atoms with Gasteiger partial charge in [-0.2, -0.15) is 0 Å². The van der Waals surface area contributed by atoms with E-state index in [1.54, 1.807) is 6.08 Å². The van der Waals surface area contributed by atoms with Crippen molar-refractivity contribution in [3.63, 3.8) is 0 Å². The van der Waals surface area contributed by atoms with Gasteiger partial charge in [-0.25, -0.2) is 0 Å². The van der Waals surface area contributed by atoms with Crippen LogP contribution in [0.3, 0.4) is 0 Å². The van der Waals surface area contributed by atoms with Crippen molar-refractivity contribution in [3.8, 4) is 0 Å². The second kappa shape index (κ2) is 9.70. The normalized spacial score (nSPS) is 14.9. The Morgan fingerprint density at radius 2 is 1.95 bits per heavy atom. The summed E-state index contributed by atoms with van der Waals surface area (Å²) in [7, 11) is 0. The molecule has 0 N–H and O–H groups in total. The average molecular weight is 334 g/mol. The molecule has 0 aliphatic rings. The van der Waals surface area contributed by atoms with E-state index in [4.69, 9.17) is 0 Å². The number of thiol groups is 1. The fourth-order valence-corrected chi connectivity index (χ4v) is 3.05. The van der Waals surface area contributed by atoms with Gasteiger partial charge in [0.2, 0.25) is 0 Å². The number of nitrogens with zero attached hydrogens (tertiary/aromatic N) is 1. The lowest BCUT2D eigenvalue weighted by molar-refractivity contribution is 0.979. The van der Waals surface area contributed by atoms with Gasteiger partial charge in [-0.15, -0.1) is 29.3 Å². The van der Waals surface area contributed by atoms with E-state index in [2.05, 4.69) is 75.8 Å². The first kappa shape index (κ1) is 18.8. The maximum atomic E-state index is 10.3. The summed E-state index contributed by atoms with van der Waals surface area (Å²) in [5, 5.41) is 3.31. The summed E-state index contributed by atoms with van der Waals surface area (Å²) < 4.78 is 0. The van der Waals surface area contributed by atoms with E-state index in [0.29, 0.717) is 5.25 Å². The van der Waals surface area contributed by atoms with Crippen LogP contribution < -0.4 is 0 Å². The van der Waals surface area contributed by atoms with Crippen molar-refractivity contribution in [2.45, 2.75) is 39.4 Å². The van der Waals surface area contributed by atoms with E-state index in [-0.39, 0.29) is 5.03 Å². The highest BCUT2D eigenvalue weighted by atomic mass is 32.2. The van der Waals surface area contributed by atoms with Gasteiger partial charge in [0.05, 0.1) is 0 Å². The van der Waals surface area contributed by atoms with Crippen LogP contribution in [0.5, 0.6) is 0 Å². The number of hydrogen-bond acceptors (Lipinski definition) is 4. The third kappa shape index (κ3) is 6.24. The van der Waals surface area contributed by atoms with Crippen LogP contribution in [-0.2, 0) is 0 Å². The molecule has 0 heterocycles. The first-order valence-electron chi connectivity index (χ1n) is 7.30. The first-order valence-corrected chi connectivity index (χ1v) is 8.62. The van der Waals surface area contributed by atoms with Crippen molar-refractivity contribution in [1.29, 1.82) is 0 Å². The number of hydrogen-bond donors (Lipinski definition) is 1. The van der Waals surface area contributed by atoms with Gasteiger partial charge in [0.1, 0.15) is 5.03 Å². The molecule has 118 valence electrons. The standard InChI is InChI=1S/C18H23NOS2/c1-5-17(7-6-8-18(21)19-20)22-15(4)14(3)16-11-9-13(2)10-12-16/h6-12,17,21H,5H2,1-4H3/b7-6+,15-14+,18-8-. The van der Waals surface area contributed by atoms with Crippen molar-refractivity contribution >= 4 is 30.0 Å². The van der Waals surface area contributed by atoms with Crippen molar-refractivity contribution in [2.75, 3.05) is 0 Å². The Morgan fingerprint density at radius 3 is 2.50 bits per heavy atom. The second-order valence-electron chi connectivity index (χ2n) is 5.11. The van der Waals surface area contributed by atoms with Crippen LogP contribution >= 0.6 is 24.4 Å². The fraction of sp³-hybridized carbons (Fsp3) is 0.333. The molecule has 0 amide bonds. The molecule has 1 atom stereocenters. The molecule has 1 aromatic carbocycles. The SMILES string of the molecule is CCC(/C=C/C=C(\S)N=O)S/C(C)=C(\C)c1ccc(C)cc1. The summed E-state index contributed by atoms with van der Waals surface area (Å²) in [5.74, 6) is 0.